The Morgan fingerprint density at radius 3 is 2.74 bits per heavy atom. The van der Waals surface area contributed by atoms with E-state index in [4.69, 9.17) is 0 Å². The first-order valence-corrected chi connectivity index (χ1v) is 10.8. The third kappa shape index (κ3) is 3.59. The molecule has 2 aromatic carbocycles. The smallest absolute Gasteiger partial charge is 0.291 e. The molecule has 1 aromatic heterocycles. The van der Waals surface area contributed by atoms with E-state index in [9.17, 15) is 19.7 Å². The summed E-state index contributed by atoms with van der Waals surface area (Å²) in [5.74, 6) is 0.506. The number of para-hydroxylation sites is 1. The van der Waals surface area contributed by atoms with Crippen molar-refractivity contribution in [2.24, 2.45) is 0 Å². The number of thioether (sulfide) groups is 1. The van der Waals surface area contributed by atoms with E-state index in [1.807, 2.05) is 6.92 Å². The molecule has 1 amide bonds. The Morgan fingerprint density at radius 2 is 2.03 bits per heavy atom. The number of H-pyrrole nitrogens is 1. The highest BCUT2D eigenvalue weighted by atomic mass is 32.2. The van der Waals surface area contributed by atoms with Crippen LogP contribution in [0.4, 0.5) is 11.4 Å². The number of hydrogen-bond donors (Lipinski definition) is 1. The summed E-state index contributed by atoms with van der Waals surface area (Å²) in [6.07, 6.45) is -0.620. The molecule has 0 unspecified atom stereocenters. The summed E-state index contributed by atoms with van der Waals surface area (Å²) < 4.78 is 1.51. The topological polar surface area (TPSA) is 113 Å². The average Bonchev–Trinajstić information content (AvgIpc) is 2.77. The van der Waals surface area contributed by atoms with Crippen LogP contribution in [0.25, 0.3) is 11.3 Å². The van der Waals surface area contributed by atoms with Crippen LogP contribution in [0.2, 0.25) is 0 Å². The number of aromatic nitrogens is 3. The maximum absolute atomic E-state index is 13.1. The second-order valence-electron chi connectivity index (χ2n) is 6.85. The van der Waals surface area contributed by atoms with Crippen molar-refractivity contribution in [2.75, 3.05) is 10.7 Å². The van der Waals surface area contributed by atoms with Gasteiger partial charge in [-0.05, 0) is 28.6 Å². The summed E-state index contributed by atoms with van der Waals surface area (Å²) in [5, 5.41) is 16.4. The summed E-state index contributed by atoms with van der Waals surface area (Å²) in [6.45, 7) is 3.69. The van der Waals surface area contributed by atoms with E-state index >= 15 is 0 Å². The fourth-order valence-electron chi connectivity index (χ4n) is 3.71. The SMILES string of the molecule is CCSc1n[n+]2c(c(=O)[nH]1)-c1ccccc1N(C(=O)CC)[C@@H]2c1cccc([N+](=O)[O-])c1. The van der Waals surface area contributed by atoms with E-state index in [0.29, 0.717) is 33.4 Å². The Bertz CT molecular complexity index is 1240. The molecule has 0 saturated heterocycles. The zero-order chi connectivity index (χ0) is 22.1. The third-order valence-electron chi connectivity index (χ3n) is 4.99. The minimum Gasteiger partial charge on any atom is -0.291 e. The highest BCUT2D eigenvalue weighted by Crippen LogP contribution is 2.38. The maximum atomic E-state index is 13.1. The number of nitro groups is 1. The van der Waals surface area contributed by atoms with Gasteiger partial charge in [0.05, 0.1) is 21.7 Å². The molecule has 0 fully saturated rings. The Balaban J connectivity index is 2.06. The van der Waals surface area contributed by atoms with Crippen LogP contribution >= 0.6 is 11.8 Å². The van der Waals surface area contributed by atoms with Gasteiger partial charge >= 0.3 is 11.3 Å². The van der Waals surface area contributed by atoms with Gasteiger partial charge in [0.2, 0.25) is 11.1 Å². The number of non-ortho nitro benzene ring substituents is 1. The summed E-state index contributed by atoms with van der Waals surface area (Å²) in [4.78, 5) is 41.4. The largest absolute Gasteiger partial charge is 0.325 e. The fourth-order valence-corrected chi connectivity index (χ4v) is 4.30. The number of nitro benzene ring substituents is 1. The summed E-state index contributed by atoms with van der Waals surface area (Å²) >= 11 is 1.37. The first-order valence-electron chi connectivity index (χ1n) is 9.81. The zero-order valence-electron chi connectivity index (χ0n) is 16.9. The van der Waals surface area contributed by atoms with Crippen molar-refractivity contribution >= 4 is 29.0 Å². The van der Waals surface area contributed by atoms with Gasteiger partial charge in [0.15, 0.2) is 0 Å². The summed E-state index contributed by atoms with van der Waals surface area (Å²) in [6, 6.07) is 13.2. The van der Waals surface area contributed by atoms with Crippen molar-refractivity contribution in [1.82, 2.24) is 10.1 Å². The van der Waals surface area contributed by atoms with E-state index in [1.54, 1.807) is 48.2 Å². The standard InChI is InChI=1S/C21H19N5O4S/c1-3-17(27)24-16-11-6-5-10-15(16)18-19(28)22-21(31-4-2)23-25(18)20(24)13-8-7-9-14(12-13)26(29)30/h5-12,20H,3-4H2,1-2H3/p+1/t20-/m0/s1. The number of aromatic amines is 1. The number of nitrogens with one attached hydrogen (secondary N) is 1. The van der Waals surface area contributed by atoms with Crippen molar-refractivity contribution in [2.45, 2.75) is 31.6 Å². The number of anilines is 1. The van der Waals surface area contributed by atoms with Gasteiger partial charge in [-0.3, -0.25) is 24.7 Å². The van der Waals surface area contributed by atoms with Crippen LogP contribution in [0.3, 0.4) is 0 Å². The van der Waals surface area contributed by atoms with Crippen molar-refractivity contribution in [3.8, 4) is 11.3 Å². The molecule has 3 aromatic rings. The minimum absolute atomic E-state index is 0.101. The van der Waals surface area contributed by atoms with Crippen LogP contribution in [-0.2, 0) is 4.79 Å². The Labute approximate surface area is 181 Å². The Morgan fingerprint density at radius 1 is 1.26 bits per heavy atom. The van der Waals surface area contributed by atoms with E-state index in [0.717, 1.165) is 0 Å². The zero-order valence-corrected chi connectivity index (χ0v) is 17.8. The summed E-state index contributed by atoms with van der Waals surface area (Å²) in [5.41, 5.74) is 1.49. The van der Waals surface area contributed by atoms with Gasteiger partial charge < -0.3 is 0 Å². The minimum atomic E-state index is -0.837. The first-order chi connectivity index (χ1) is 15.0. The second-order valence-corrected chi connectivity index (χ2v) is 8.10. The predicted molar refractivity (Wildman–Crippen MR) is 116 cm³/mol. The van der Waals surface area contributed by atoms with Gasteiger partial charge in [0, 0.05) is 23.7 Å². The van der Waals surface area contributed by atoms with E-state index in [2.05, 4.69) is 10.1 Å². The number of hydrogen-bond acceptors (Lipinski definition) is 6. The maximum Gasteiger partial charge on any atom is 0.325 e. The normalized spacial score (nSPS) is 14.6. The number of nitrogens with zero attached hydrogens (tertiary/aromatic N) is 4. The van der Waals surface area contributed by atoms with Gasteiger partial charge in [0.25, 0.3) is 11.9 Å². The van der Waals surface area contributed by atoms with Gasteiger partial charge in [-0.1, -0.05) is 43.8 Å². The monoisotopic (exact) mass is 438 g/mol. The van der Waals surface area contributed by atoms with E-state index in [1.165, 1.54) is 28.6 Å². The Kier molecular flexibility index (Phi) is 5.55. The second kappa shape index (κ2) is 8.31. The molecule has 9 nitrogen and oxygen atoms in total. The quantitative estimate of drug-likeness (QED) is 0.284. The molecule has 4 rings (SSSR count). The number of amides is 1. The molecule has 31 heavy (non-hydrogen) atoms. The number of carbonyl (C=O) groups excluding carboxylic acids is 1. The van der Waals surface area contributed by atoms with Crippen molar-refractivity contribution in [3.05, 3.63) is 74.6 Å². The molecule has 0 aliphatic carbocycles. The van der Waals surface area contributed by atoms with Gasteiger partial charge in [-0.15, -0.1) is 0 Å². The number of benzene rings is 2. The number of fused-ring (bicyclic) bond motifs is 3. The molecule has 1 N–H and O–H groups in total. The molecule has 1 aliphatic rings. The van der Waals surface area contributed by atoms with Crippen LogP contribution in [-0.4, -0.2) is 26.7 Å². The van der Waals surface area contributed by atoms with Gasteiger partial charge in [-0.25, -0.2) is 4.90 Å². The molecule has 158 valence electrons. The van der Waals surface area contributed by atoms with E-state index < -0.39 is 11.1 Å². The van der Waals surface area contributed by atoms with Crippen LogP contribution in [0.1, 0.15) is 32.0 Å². The first kappa shape index (κ1) is 20.7. The third-order valence-corrected chi connectivity index (χ3v) is 5.74. The molecule has 2 heterocycles. The van der Waals surface area contributed by atoms with E-state index in [-0.39, 0.29) is 23.6 Å². The molecule has 1 aliphatic heterocycles. The van der Waals surface area contributed by atoms with Crippen LogP contribution < -0.4 is 15.1 Å². The number of carbonyl (C=O) groups is 1. The van der Waals surface area contributed by atoms with Gasteiger partial charge in [-0.2, -0.15) is 0 Å². The van der Waals surface area contributed by atoms with Crippen LogP contribution in [0.5, 0.6) is 0 Å². The lowest BCUT2D eigenvalue weighted by Crippen LogP contribution is -2.60. The van der Waals surface area contributed by atoms with Crippen molar-refractivity contribution < 1.29 is 14.4 Å². The van der Waals surface area contributed by atoms with Crippen molar-refractivity contribution in [3.63, 3.8) is 0 Å². The predicted octanol–water partition coefficient (Wildman–Crippen LogP) is 3.05. The van der Waals surface area contributed by atoms with Crippen LogP contribution in [0.15, 0.2) is 58.5 Å². The lowest BCUT2D eigenvalue weighted by atomic mass is 10.0. The molecule has 1 atom stereocenters. The highest BCUT2D eigenvalue weighted by Gasteiger charge is 2.45. The molecule has 0 bridgehead atoms. The van der Waals surface area contributed by atoms with Gasteiger partial charge in [0.1, 0.15) is 0 Å². The highest BCUT2D eigenvalue weighted by molar-refractivity contribution is 7.99. The fraction of sp³-hybridized carbons (Fsp3) is 0.238. The van der Waals surface area contributed by atoms with Crippen molar-refractivity contribution in [1.29, 1.82) is 0 Å². The lowest BCUT2D eigenvalue weighted by Gasteiger charge is -2.31. The Hall–Kier alpha value is -3.53. The summed E-state index contributed by atoms with van der Waals surface area (Å²) in [7, 11) is 0. The molecular formula is C21H20N5O4S+. The molecular weight excluding hydrogens is 418 g/mol. The molecule has 0 saturated carbocycles. The number of rotatable bonds is 5. The average molecular weight is 438 g/mol. The molecule has 10 heteroatoms. The van der Waals surface area contributed by atoms with Crippen LogP contribution in [0, 0.1) is 10.1 Å². The molecule has 0 spiro atoms. The molecule has 0 radical (unpaired) electrons. The lowest BCUT2D eigenvalue weighted by molar-refractivity contribution is -0.763.